The Morgan fingerprint density at radius 1 is 1.30 bits per heavy atom. The van der Waals surface area contributed by atoms with Crippen LogP contribution in [0.1, 0.15) is 31.7 Å². The minimum Gasteiger partial charge on any atom is -0.480 e. The van der Waals surface area contributed by atoms with Crippen molar-refractivity contribution in [1.29, 1.82) is 0 Å². The van der Waals surface area contributed by atoms with Crippen molar-refractivity contribution in [3.63, 3.8) is 0 Å². The van der Waals surface area contributed by atoms with Crippen molar-refractivity contribution in [2.45, 2.75) is 31.7 Å². The molecule has 1 heterocycles. The van der Waals surface area contributed by atoms with Gasteiger partial charge in [-0.15, -0.1) is 0 Å². The van der Waals surface area contributed by atoms with Crippen molar-refractivity contribution < 1.29 is 9.90 Å². The van der Waals surface area contributed by atoms with Crippen molar-refractivity contribution in [3.8, 4) is 0 Å². The number of rotatable bonds is 7. The topological polar surface area (TPSA) is 52.6 Å². The van der Waals surface area contributed by atoms with Crippen LogP contribution in [0, 0.1) is 0 Å². The molecule has 0 amide bonds. The first kappa shape index (κ1) is 15.0. The normalized spacial score (nSPS) is 18.9. The third kappa shape index (κ3) is 3.19. The minimum atomic E-state index is -0.974. The van der Waals surface area contributed by atoms with Crippen LogP contribution in [0.2, 0.25) is 0 Å². The highest BCUT2D eigenvalue weighted by molar-refractivity contribution is 5.80. The number of nitrogens with zero attached hydrogens (tertiary/aromatic N) is 1. The number of hydrogen-bond donors (Lipinski definition) is 2. The molecule has 2 rings (SSSR count). The fourth-order valence-electron chi connectivity index (χ4n) is 3.00. The van der Waals surface area contributed by atoms with E-state index in [1.807, 2.05) is 37.3 Å². The van der Waals surface area contributed by atoms with Gasteiger partial charge in [-0.1, -0.05) is 37.3 Å². The molecule has 1 saturated heterocycles. The van der Waals surface area contributed by atoms with Gasteiger partial charge in [-0.2, -0.15) is 0 Å². The van der Waals surface area contributed by atoms with E-state index in [1.54, 1.807) is 0 Å². The molecule has 4 nitrogen and oxygen atoms in total. The van der Waals surface area contributed by atoms with Crippen molar-refractivity contribution in [1.82, 2.24) is 10.2 Å². The lowest BCUT2D eigenvalue weighted by atomic mass is 9.86. The molecule has 2 N–H and O–H groups in total. The summed E-state index contributed by atoms with van der Waals surface area (Å²) in [6.45, 7) is 5.61. The van der Waals surface area contributed by atoms with Crippen LogP contribution in [-0.4, -0.2) is 42.2 Å². The number of carboxylic acid groups (broad SMARTS) is 1. The predicted molar refractivity (Wildman–Crippen MR) is 79.7 cm³/mol. The Balaban J connectivity index is 2.19. The van der Waals surface area contributed by atoms with E-state index in [2.05, 4.69) is 10.2 Å². The number of carbonyl (C=O) groups is 1. The van der Waals surface area contributed by atoms with E-state index in [-0.39, 0.29) is 0 Å². The molecule has 0 aliphatic carbocycles. The predicted octanol–water partition coefficient (Wildman–Crippen LogP) is 2.06. The van der Waals surface area contributed by atoms with Gasteiger partial charge < -0.3 is 10.0 Å². The summed E-state index contributed by atoms with van der Waals surface area (Å²) in [5, 5.41) is 13.0. The summed E-state index contributed by atoms with van der Waals surface area (Å²) >= 11 is 0. The average molecular weight is 276 g/mol. The molecule has 4 heteroatoms. The highest BCUT2D eigenvalue weighted by atomic mass is 16.4. The molecule has 1 atom stereocenters. The van der Waals surface area contributed by atoms with Gasteiger partial charge in [-0.05, 0) is 44.5 Å². The van der Waals surface area contributed by atoms with Crippen LogP contribution < -0.4 is 5.32 Å². The van der Waals surface area contributed by atoms with Gasteiger partial charge in [0, 0.05) is 6.54 Å². The van der Waals surface area contributed by atoms with Crippen molar-refractivity contribution in [3.05, 3.63) is 35.9 Å². The maximum atomic E-state index is 11.9. The van der Waals surface area contributed by atoms with E-state index in [9.17, 15) is 9.90 Å². The minimum absolute atomic E-state index is 0.597. The molecule has 1 fully saturated rings. The molecular formula is C16H24N2O2. The van der Waals surface area contributed by atoms with Gasteiger partial charge in [-0.25, -0.2) is 4.79 Å². The monoisotopic (exact) mass is 276 g/mol. The van der Waals surface area contributed by atoms with Gasteiger partial charge >= 0.3 is 5.97 Å². The molecule has 1 aromatic rings. The van der Waals surface area contributed by atoms with E-state index in [4.69, 9.17) is 0 Å². The number of likely N-dealkylation sites (N-methyl/N-ethyl adjacent to an activating group) is 1. The van der Waals surface area contributed by atoms with Crippen LogP contribution in [0.15, 0.2) is 30.3 Å². The molecule has 0 saturated carbocycles. The maximum absolute atomic E-state index is 11.9. The Hall–Kier alpha value is -1.39. The molecule has 1 aromatic carbocycles. The van der Waals surface area contributed by atoms with Crippen molar-refractivity contribution in [2.75, 3.05) is 26.2 Å². The highest BCUT2D eigenvalue weighted by Gasteiger charge is 2.39. The standard InChI is InChI=1S/C16H24N2O2/c1-2-17-16(15(19)20,14-8-4-3-5-9-14)10-13-18-11-6-7-12-18/h3-5,8-9,17H,2,6-7,10-13H2,1H3,(H,19,20). The number of aliphatic carboxylic acids is 1. The number of benzene rings is 1. The highest BCUT2D eigenvalue weighted by Crippen LogP contribution is 2.26. The summed E-state index contributed by atoms with van der Waals surface area (Å²) in [6.07, 6.45) is 3.05. The summed E-state index contributed by atoms with van der Waals surface area (Å²) in [6, 6.07) is 9.53. The summed E-state index contributed by atoms with van der Waals surface area (Å²) in [5.41, 5.74) is -0.132. The maximum Gasteiger partial charge on any atom is 0.328 e. The molecule has 0 aromatic heterocycles. The molecule has 110 valence electrons. The molecule has 0 radical (unpaired) electrons. The van der Waals surface area contributed by atoms with E-state index in [0.717, 1.165) is 25.2 Å². The lowest BCUT2D eigenvalue weighted by molar-refractivity contribution is -0.146. The summed E-state index contributed by atoms with van der Waals surface area (Å²) < 4.78 is 0. The number of carboxylic acids is 1. The Kier molecular flexibility index (Phi) is 5.15. The van der Waals surface area contributed by atoms with Gasteiger partial charge in [0.1, 0.15) is 5.54 Å². The van der Waals surface area contributed by atoms with E-state index < -0.39 is 11.5 Å². The lowest BCUT2D eigenvalue weighted by Crippen LogP contribution is -2.51. The van der Waals surface area contributed by atoms with Gasteiger partial charge in [0.25, 0.3) is 0 Å². The van der Waals surface area contributed by atoms with Crippen molar-refractivity contribution in [2.24, 2.45) is 0 Å². The van der Waals surface area contributed by atoms with E-state index in [1.165, 1.54) is 12.8 Å². The largest absolute Gasteiger partial charge is 0.480 e. The molecule has 1 aliphatic heterocycles. The van der Waals surface area contributed by atoms with Crippen LogP contribution in [0.3, 0.4) is 0 Å². The van der Waals surface area contributed by atoms with E-state index in [0.29, 0.717) is 13.0 Å². The van der Waals surface area contributed by atoms with Crippen LogP contribution in [0.25, 0.3) is 0 Å². The van der Waals surface area contributed by atoms with Crippen LogP contribution in [0.4, 0.5) is 0 Å². The third-order valence-corrected chi connectivity index (χ3v) is 4.11. The van der Waals surface area contributed by atoms with Crippen LogP contribution >= 0.6 is 0 Å². The Bertz CT molecular complexity index is 429. The second kappa shape index (κ2) is 6.86. The number of likely N-dealkylation sites (tertiary alicyclic amines) is 1. The Labute approximate surface area is 120 Å². The molecule has 1 aliphatic rings. The second-order valence-corrected chi connectivity index (χ2v) is 5.41. The fraction of sp³-hybridized carbons (Fsp3) is 0.562. The van der Waals surface area contributed by atoms with Gasteiger partial charge in [0.15, 0.2) is 0 Å². The molecule has 1 unspecified atom stereocenters. The number of hydrogen-bond acceptors (Lipinski definition) is 3. The smallest absolute Gasteiger partial charge is 0.328 e. The zero-order chi connectivity index (χ0) is 14.4. The SMILES string of the molecule is CCNC(CCN1CCCC1)(C(=O)O)c1ccccc1. The molecular weight excluding hydrogens is 252 g/mol. The zero-order valence-corrected chi connectivity index (χ0v) is 12.1. The summed E-state index contributed by atoms with van der Waals surface area (Å²) in [5.74, 6) is -0.787. The lowest BCUT2D eigenvalue weighted by Gasteiger charge is -2.32. The second-order valence-electron chi connectivity index (χ2n) is 5.41. The van der Waals surface area contributed by atoms with Gasteiger partial charge in [0.05, 0.1) is 0 Å². The fourth-order valence-corrected chi connectivity index (χ4v) is 3.00. The average Bonchev–Trinajstić information content (AvgIpc) is 2.97. The number of nitrogens with one attached hydrogen (secondary N) is 1. The first-order chi connectivity index (χ1) is 9.69. The van der Waals surface area contributed by atoms with Crippen LogP contribution in [0.5, 0.6) is 0 Å². The Morgan fingerprint density at radius 3 is 2.50 bits per heavy atom. The first-order valence-corrected chi connectivity index (χ1v) is 7.45. The van der Waals surface area contributed by atoms with Crippen LogP contribution in [-0.2, 0) is 10.3 Å². The molecule has 20 heavy (non-hydrogen) atoms. The quantitative estimate of drug-likeness (QED) is 0.800. The van der Waals surface area contributed by atoms with Gasteiger partial charge in [-0.3, -0.25) is 5.32 Å². The summed E-state index contributed by atoms with van der Waals surface area (Å²) in [4.78, 5) is 14.3. The first-order valence-electron chi connectivity index (χ1n) is 7.45. The Morgan fingerprint density at radius 2 is 1.95 bits per heavy atom. The third-order valence-electron chi connectivity index (χ3n) is 4.11. The van der Waals surface area contributed by atoms with Crippen molar-refractivity contribution >= 4 is 5.97 Å². The molecule has 0 bridgehead atoms. The summed E-state index contributed by atoms with van der Waals surface area (Å²) in [7, 11) is 0. The van der Waals surface area contributed by atoms with Gasteiger partial charge in [0.2, 0.25) is 0 Å². The zero-order valence-electron chi connectivity index (χ0n) is 12.1. The molecule has 0 spiro atoms. The van der Waals surface area contributed by atoms with E-state index >= 15 is 0 Å².